The van der Waals surface area contributed by atoms with E-state index >= 15 is 0 Å². The molecular formula is C17H31N. The molecule has 4 atom stereocenters. The summed E-state index contributed by atoms with van der Waals surface area (Å²) in [5.74, 6) is 0. The second kappa shape index (κ2) is 3.75. The smallest absolute Gasteiger partial charge is 0.0212 e. The Balaban J connectivity index is 1.98. The van der Waals surface area contributed by atoms with Gasteiger partial charge in [0.05, 0.1) is 0 Å². The summed E-state index contributed by atoms with van der Waals surface area (Å²) in [6, 6.07) is 0. The Bertz CT molecular complexity index is 286. The van der Waals surface area contributed by atoms with Gasteiger partial charge in [0.25, 0.3) is 0 Å². The van der Waals surface area contributed by atoms with E-state index in [2.05, 4.69) is 33.0 Å². The minimum atomic E-state index is 0.386. The first kappa shape index (κ1) is 13.0. The minimum Gasteiger partial charge on any atom is -0.305 e. The van der Waals surface area contributed by atoms with Gasteiger partial charge in [0, 0.05) is 11.1 Å². The van der Waals surface area contributed by atoms with Crippen molar-refractivity contribution in [2.45, 2.75) is 96.6 Å². The van der Waals surface area contributed by atoms with Crippen LogP contribution in [0.4, 0.5) is 0 Å². The standard InChI is InChI=1S/C17H31N/c1-14-9-5-7-11-16(14,3)18-17(4)12-8-6-10-15(17,2)13-14/h18H,5-13H2,1-4H3. The molecule has 1 heterocycles. The molecule has 0 spiro atoms. The van der Waals surface area contributed by atoms with E-state index in [9.17, 15) is 0 Å². The molecule has 2 saturated carbocycles. The van der Waals surface area contributed by atoms with Gasteiger partial charge in [-0.15, -0.1) is 0 Å². The molecule has 1 heteroatoms. The van der Waals surface area contributed by atoms with Gasteiger partial charge in [0.15, 0.2) is 0 Å². The van der Waals surface area contributed by atoms with Crippen LogP contribution in [0.2, 0.25) is 0 Å². The van der Waals surface area contributed by atoms with Gasteiger partial charge >= 0.3 is 0 Å². The quantitative estimate of drug-likeness (QED) is 0.658. The maximum Gasteiger partial charge on any atom is 0.0212 e. The van der Waals surface area contributed by atoms with Gasteiger partial charge in [0.2, 0.25) is 0 Å². The lowest BCUT2D eigenvalue weighted by molar-refractivity contribution is -0.118. The van der Waals surface area contributed by atoms with Crippen LogP contribution in [0, 0.1) is 10.8 Å². The van der Waals surface area contributed by atoms with Crippen molar-refractivity contribution in [2.75, 3.05) is 0 Å². The second-order valence-corrected chi connectivity index (χ2v) is 8.50. The summed E-state index contributed by atoms with van der Waals surface area (Å²) in [6.45, 7) is 10.2. The maximum atomic E-state index is 4.19. The van der Waals surface area contributed by atoms with Crippen molar-refractivity contribution in [1.29, 1.82) is 0 Å². The third-order valence-electron chi connectivity index (χ3n) is 7.31. The number of hydrogen-bond donors (Lipinski definition) is 1. The lowest BCUT2D eigenvalue weighted by Crippen LogP contribution is -2.74. The molecule has 3 aliphatic rings. The molecule has 0 aromatic carbocycles. The second-order valence-electron chi connectivity index (χ2n) is 8.50. The van der Waals surface area contributed by atoms with Crippen LogP contribution in [0.5, 0.6) is 0 Å². The van der Waals surface area contributed by atoms with Crippen molar-refractivity contribution in [2.24, 2.45) is 10.8 Å². The predicted octanol–water partition coefficient (Wildman–Crippen LogP) is 4.66. The van der Waals surface area contributed by atoms with Gasteiger partial charge in [-0.25, -0.2) is 0 Å². The van der Waals surface area contributed by atoms with E-state index in [-0.39, 0.29) is 0 Å². The van der Waals surface area contributed by atoms with Gasteiger partial charge in [-0.1, -0.05) is 39.5 Å². The summed E-state index contributed by atoms with van der Waals surface area (Å²) >= 11 is 0. The van der Waals surface area contributed by atoms with Gasteiger partial charge in [-0.3, -0.25) is 0 Å². The van der Waals surface area contributed by atoms with Gasteiger partial charge in [-0.2, -0.15) is 0 Å². The highest BCUT2D eigenvalue weighted by Gasteiger charge is 2.61. The fraction of sp³-hybridized carbons (Fsp3) is 1.00. The molecule has 18 heavy (non-hydrogen) atoms. The van der Waals surface area contributed by atoms with Crippen molar-refractivity contribution < 1.29 is 0 Å². The highest BCUT2D eigenvalue weighted by molar-refractivity contribution is 5.17. The molecule has 0 aromatic heterocycles. The van der Waals surface area contributed by atoms with Crippen LogP contribution in [0.3, 0.4) is 0 Å². The van der Waals surface area contributed by atoms with Crippen LogP contribution >= 0.6 is 0 Å². The monoisotopic (exact) mass is 249 g/mol. The van der Waals surface area contributed by atoms with Gasteiger partial charge in [-0.05, 0) is 56.8 Å². The lowest BCUT2D eigenvalue weighted by Gasteiger charge is -2.67. The molecule has 0 radical (unpaired) electrons. The largest absolute Gasteiger partial charge is 0.305 e. The number of nitrogens with one attached hydrogen (secondary N) is 1. The number of piperidine rings is 1. The van der Waals surface area contributed by atoms with Crippen molar-refractivity contribution >= 4 is 0 Å². The molecule has 3 fully saturated rings. The summed E-state index contributed by atoms with van der Waals surface area (Å²) < 4.78 is 0. The van der Waals surface area contributed by atoms with E-state index in [1.54, 1.807) is 0 Å². The van der Waals surface area contributed by atoms with Crippen LogP contribution in [-0.2, 0) is 0 Å². The molecule has 1 N–H and O–H groups in total. The zero-order chi connectivity index (χ0) is 13.1. The maximum absolute atomic E-state index is 4.19. The Hall–Kier alpha value is -0.0400. The molecule has 0 aromatic rings. The third-order valence-corrected chi connectivity index (χ3v) is 7.31. The molecule has 1 nitrogen and oxygen atoms in total. The summed E-state index contributed by atoms with van der Waals surface area (Å²) in [5, 5.41) is 4.19. The first-order valence-electron chi connectivity index (χ1n) is 8.12. The van der Waals surface area contributed by atoms with Crippen molar-refractivity contribution in [3.63, 3.8) is 0 Å². The summed E-state index contributed by atoms with van der Waals surface area (Å²) in [5.41, 5.74) is 1.82. The fourth-order valence-corrected chi connectivity index (χ4v) is 5.61. The first-order chi connectivity index (χ1) is 8.33. The van der Waals surface area contributed by atoms with Crippen LogP contribution in [0.1, 0.15) is 85.5 Å². The van der Waals surface area contributed by atoms with Gasteiger partial charge in [0.1, 0.15) is 0 Å². The Kier molecular flexibility index (Phi) is 2.70. The average Bonchev–Trinajstić information content (AvgIpc) is 2.27. The molecule has 1 saturated heterocycles. The number of fused-ring (bicyclic) bond motifs is 2. The van der Waals surface area contributed by atoms with E-state index < -0.39 is 0 Å². The van der Waals surface area contributed by atoms with E-state index in [0.29, 0.717) is 21.9 Å². The van der Waals surface area contributed by atoms with E-state index in [1.165, 1.54) is 57.8 Å². The number of hydrogen-bond acceptors (Lipinski definition) is 1. The summed E-state index contributed by atoms with van der Waals surface area (Å²) in [7, 11) is 0. The molecule has 104 valence electrons. The zero-order valence-electron chi connectivity index (χ0n) is 12.9. The van der Waals surface area contributed by atoms with Gasteiger partial charge < -0.3 is 5.32 Å². The molecule has 3 rings (SSSR count). The molecular weight excluding hydrogens is 218 g/mol. The molecule has 4 unspecified atom stereocenters. The van der Waals surface area contributed by atoms with Crippen LogP contribution in [0.25, 0.3) is 0 Å². The zero-order valence-corrected chi connectivity index (χ0v) is 12.9. The van der Waals surface area contributed by atoms with Crippen LogP contribution < -0.4 is 5.32 Å². The van der Waals surface area contributed by atoms with Crippen molar-refractivity contribution in [3.8, 4) is 0 Å². The van der Waals surface area contributed by atoms with Crippen molar-refractivity contribution in [1.82, 2.24) is 5.32 Å². The molecule has 2 aliphatic carbocycles. The minimum absolute atomic E-state index is 0.386. The Labute approximate surface area is 113 Å². The average molecular weight is 249 g/mol. The van der Waals surface area contributed by atoms with E-state index in [1.807, 2.05) is 0 Å². The topological polar surface area (TPSA) is 12.0 Å². The van der Waals surface area contributed by atoms with Crippen molar-refractivity contribution in [3.05, 3.63) is 0 Å². The molecule has 0 amide bonds. The SMILES string of the molecule is CC12CCCCC1(C)NC1(C)CCCCC1(C)C2. The molecule has 0 bridgehead atoms. The van der Waals surface area contributed by atoms with Crippen LogP contribution in [0.15, 0.2) is 0 Å². The van der Waals surface area contributed by atoms with Crippen LogP contribution in [-0.4, -0.2) is 11.1 Å². The number of rotatable bonds is 0. The Morgan fingerprint density at radius 2 is 1.00 bits per heavy atom. The fourth-order valence-electron chi connectivity index (χ4n) is 5.61. The highest BCUT2D eigenvalue weighted by Crippen LogP contribution is 2.61. The summed E-state index contributed by atoms with van der Waals surface area (Å²) in [6.07, 6.45) is 12.8. The normalized spacial score (nSPS) is 56.7. The highest BCUT2D eigenvalue weighted by atomic mass is 15.1. The Morgan fingerprint density at radius 1 is 0.611 bits per heavy atom. The Morgan fingerprint density at radius 3 is 1.44 bits per heavy atom. The lowest BCUT2D eigenvalue weighted by atomic mass is 9.47. The van der Waals surface area contributed by atoms with E-state index in [0.717, 1.165) is 0 Å². The first-order valence-corrected chi connectivity index (χ1v) is 8.12. The predicted molar refractivity (Wildman–Crippen MR) is 77.7 cm³/mol. The third kappa shape index (κ3) is 1.55. The molecule has 1 aliphatic heterocycles. The summed E-state index contributed by atoms with van der Waals surface area (Å²) in [4.78, 5) is 0. The van der Waals surface area contributed by atoms with E-state index in [4.69, 9.17) is 0 Å².